The first-order valence-corrected chi connectivity index (χ1v) is 6.78. The summed E-state index contributed by atoms with van der Waals surface area (Å²) >= 11 is 0. The summed E-state index contributed by atoms with van der Waals surface area (Å²) in [6.07, 6.45) is 5.07. The topological polar surface area (TPSA) is 55.6 Å². The van der Waals surface area contributed by atoms with Crippen LogP contribution in [0.25, 0.3) is 0 Å². The van der Waals surface area contributed by atoms with Crippen molar-refractivity contribution in [1.82, 2.24) is 4.90 Å². The molecule has 1 saturated carbocycles. The van der Waals surface area contributed by atoms with Crippen molar-refractivity contribution in [3.05, 3.63) is 39.9 Å². The molecule has 1 saturated heterocycles. The highest BCUT2D eigenvalue weighted by atomic mass is 16.6. The molecule has 19 heavy (non-hydrogen) atoms. The van der Waals surface area contributed by atoms with E-state index >= 15 is 0 Å². The second-order valence-electron chi connectivity index (χ2n) is 5.39. The molecule has 1 aromatic rings. The van der Waals surface area contributed by atoms with Crippen molar-refractivity contribution in [3.63, 3.8) is 0 Å². The summed E-state index contributed by atoms with van der Waals surface area (Å²) in [5, 5.41) is 10.7. The molecule has 0 radical (unpaired) electrons. The van der Waals surface area contributed by atoms with E-state index in [-0.39, 0.29) is 16.8 Å². The summed E-state index contributed by atoms with van der Waals surface area (Å²) in [6.45, 7) is 0. The Morgan fingerprint density at radius 1 is 1.26 bits per heavy atom. The molecule has 2 aliphatic rings. The van der Waals surface area contributed by atoms with Crippen LogP contribution in [-0.4, -0.2) is 29.0 Å². The lowest BCUT2D eigenvalue weighted by Crippen LogP contribution is -2.35. The van der Waals surface area contributed by atoms with Crippen LogP contribution in [0.2, 0.25) is 0 Å². The molecule has 5 nitrogen and oxygen atoms in total. The zero-order chi connectivity index (χ0) is 13.4. The van der Waals surface area contributed by atoms with Crippen molar-refractivity contribution in [1.29, 1.82) is 0 Å². The number of likely N-dealkylation sites (N-methyl/N-ethyl adjacent to an activating group) is 1. The maximum absolute atomic E-state index is 10.7. The van der Waals surface area contributed by atoms with E-state index in [1.807, 2.05) is 0 Å². The largest absolute Gasteiger partial charge is 0.354 e. The Hall–Kier alpha value is -1.46. The standard InChI is InChI=1S/C14H18N2O3/c1-15-12-4-2-3-5-13(12)19-14(15)10-6-8-11(9-7-10)16(17)18/h6-9,12-14H,2-5H2,1H3/t12-,13-,14+/m0/s1. The Balaban J connectivity index is 1.80. The summed E-state index contributed by atoms with van der Waals surface area (Å²) < 4.78 is 6.12. The lowest BCUT2D eigenvalue weighted by molar-refractivity contribution is -0.384. The number of non-ortho nitro benzene ring substituents is 1. The second kappa shape index (κ2) is 4.90. The minimum Gasteiger partial charge on any atom is -0.354 e. The van der Waals surface area contributed by atoms with Gasteiger partial charge >= 0.3 is 0 Å². The third-order valence-electron chi connectivity index (χ3n) is 4.25. The molecular formula is C14H18N2O3. The van der Waals surface area contributed by atoms with Gasteiger partial charge in [-0.3, -0.25) is 15.0 Å². The van der Waals surface area contributed by atoms with Crippen LogP contribution in [0.15, 0.2) is 24.3 Å². The van der Waals surface area contributed by atoms with Crippen LogP contribution < -0.4 is 0 Å². The first-order chi connectivity index (χ1) is 9.16. The van der Waals surface area contributed by atoms with Gasteiger partial charge in [0.2, 0.25) is 0 Å². The molecule has 102 valence electrons. The molecule has 3 rings (SSSR count). The van der Waals surface area contributed by atoms with Gasteiger partial charge in [0.15, 0.2) is 0 Å². The number of rotatable bonds is 2. The highest BCUT2D eigenvalue weighted by molar-refractivity contribution is 5.34. The Kier molecular flexibility index (Phi) is 3.24. The van der Waals surface area contributed by atoms with E-state index in [0.29, 0.717) is 12.1 Å². The molecule has 3 atom stereocenters. The molecule has 0 aromatic heterocycles. The van der Waals surface area contributed by atoms with E-state index in [1.54, 1.807) is 24.3 Å². The van der Waals surface area contributed by atoms with Crippen molar-refractivity contribution in [2.45, 2.75) is 44.1 Å². The van der Waals surface area contributed by atoms with Crippen molar-refractivity contribution in [3.8, 4) is 0 Å². The van der Waals surface area contributed by atoms with Gasteiger partial charge in [0.1, 0.15) is 6.23 Å². The van der Waals surface area contributed by atoms with Gasteiger partial charge in [-0.15, -0.1) is 0 Å². The van der Waals surface area contributed by atoms with Gasteiger partial charge in [0.05, 0.1) is 11.0 Å². The van der Waals surface area contributed by atoms with Gasteiger partial charge in [-0.25, -0.2) is 0 Å². The summed E-state index contributed by atoms with van der Waals surface area (Å²) in [5.41, 5.74) is 1.13. The molecule has 5 heteroatoms. The monoisotopic (exact) mass is 262 g/mol. The lowest BCUT2D eigenvalue weighted by atomic mass is 9.92. The third kappa shape index (κ3) is 2.24. The molecular weight excluding hydrogens is 244 g/mol. The zero-order valence-corrected chi connectivity index (χ0v) is 11.0. The van der Waals surface area contributed by atoms with Crippen LogP contribution in [0.4, 0.5) is 5.69 Å². The normalized spacial score (nSPS) is 31.1. The maximum atomic E-state index is 10.7. The number of nitrogens with zero attached hydrogens (tertiary/aromatic N) is 2. The molecule has 1 aromatic carbocycles. The minimum atomic E-state index is -0.372. The first-order valence-electron chi connectivity index (χ1n) is 6.78. The molecule has 0 spiro atoms. The van der Waals surface area contributed by atoms with Crippen molar-refractivity contribution < 1.29 is 9.66 Å². The summed E-state index contributed by atoms with van der Waals surface area (Å²) in [5.74, 6) is 0. The second-order valence-corrected chi connectivity index (χ2v) is 5.39. The van der Waals surface area contributed by atoms with Crippen LogP contribution >= 0.6 is 0 Å². The summed E-state index contributed by atoms with van der Waals surface area (Å²) in [7, 11) is 2.09. The van der Waals surface area contributed by atoms with Gasteiger partial charge in [0, 0.05) is 18.2 Å². The SMILES string of the molecule is CN1[C@@H](c2ccc([N+](=O)[O-])cc2)O[C@H]2CCCC[C@@H]21. The average Bonchev–Trinajstić information content (AvgIpc) is 2.77. The van der Waals surface area contributed by atoms with Crippen LogP contribution in [0.1, 0.15) is 37.5 Å². The fraction of sp³-hybridized carbons (Fsp3) is 0.571. The van der Waals surface area contributed by atoms with Crippen LogP contribution in [0.3, 0.4) is 0 Å². The molecule has 2 fully saturated rings. The number of fused-ring (bicyclic) bond motifs is 1. The van der Waals surface area contributed by atoms with Crippen molar-refractivity contribution in [2.24, 2.45) is 0 Å². The zero-order valence-electron chi connectivity index (χ0n) is 11.0. The van der Waals surface area contributed by atoms with Crippen molar-refractivity contribution >= 4 is 5.69 Å². The van der Waals surface area contributed by atoms with Gasteiger partial charge in [-0.05, 0) is 37.6 Å². The first kappa shape index (κ1) is 12.6. The molecule has 1 heterocycles. The van der Waals surface area contributed by atoms with Gasteiger partial charge in [-0.2, -0.15) is 0 Å². The Bertz CT molecular complexity index is 474. The number of nitro groups is 1. The number of hydrogen-bond acceptors (Lipinski definition) is 4. The quantitative estimate of drug-likeness (QED) is 0.607. The van der Waals surface area contributed by atoms with Gasteiger partial charge in [-0.1, -0.05) is 12.8 Å². The number of benzene rings is 1. The van der Waals surface area contributed by atoms with Crippen LogP contribution in [0, 0.1) is 10.1 Å². The van der Waals surface area contributed by atoms with E-state index < -0.39 is 0 Å². The predicted molar refractivity (Wildman–Crippen MR) is 70.7 cm³/mol. The molecule has 0 amide bonds. The molecule has 0 bridgehead atoms. The highest BCUT2D eigenvalue weighted by Gasteiger charge is 2.41. The highest BCUT2D eigenvalue weighted by Crippen LogP contribution is 2.39. The average molecular weight is 262 g/mol. The van der Waals surface area contributed by atoms with Crippen molar-refractivity contribution in [2.75, 3.05) is 7.05 Å². The summed E-state index contributed by atoms with van der Waals surface area (Å²) in [6, 6.07) is 7.20. The molecule has 1 aliphatic heterocycles. The number of nitro benzene ring substituents is 1. The maximum Gasteiger partial charge on any atom is 0.269 e. The lowest BCUT2D eigenvalue weighted by Gasteiger charge is -2.27. The van der Waals surface area contributed by atoms with E-state index in [4.69, 9.17) is 4.74 Å². The molecule has 0 unspecified atom stereocenters. The Morgan fingerprint density at radius 3 is 2.58 bits per heavy atom. The minimum absolute atomic E-state index is 0.0612. The third-order valence-corrected chi connectivity index (χ3v) is 4.25. The Labute approximate surface area is 112 Å². The van der Waals surface area contributed by atoms with Crippen LogP contribution in [0.5, 0.6) is 0 Å². The number of ether oxygens (including phenoxy) is 1. The predicted octanol–water partition coefficient (Wildman–Crippen LogP) is 2.87. The van der Waals surface area contributed by atoms with E-state index in [1.165, 1.54) is 19.3 Å². The fourth-order valence-electron chi connectivity index (χ4n) is 3.21. The smallest absolute Gasteiger partial charge is 0.269 e. The van der Waals surface area contributed by atoms with E-state index in [0.717, 1.165) is 12.0 Å². The summed E-state index contributed by atoms with van der Waals surface area (Å²) in [4.78, 5) is 12.6. The fourth-order valence-corrected chi connectivity index (χ4v) is 3.21. The molecule has 0 N–H and O–H groups in total. The van der Waals surface area contributed by atoms with Crippen LogP contribution in [-0.2, 0) is 4.74 Å². The van der Waals surface area contributed by atoms with E-state index in [2.05, 4.69) is 11.9 Å². The Morgan fingerprint density at radius 2 is 1.95 bits per heavy atom. The molecule has 1 aliphatic carbocycles. The van der Waals surface area contributed by atoms with E-state index in [9.17, 15) is 10.1 Å². The number of hydrogen-bond donors (Lipinski definition) is 0. The van der Waals surface area contributed by atoms with Gasteiger partial charge in [0.25, 0.3) is 5.69 Å². The van der Waals surface area contributed by atoms with Gasteiger partial charge < -0.3 is 4.74 Å².